The van der Waals surface area contributed by atoms with Crippen LogP contribution in [0.2, 0.25) is 5.02 Å². The fraction of sp³-hybridized carbons (Fsp3) is 0.500. The second-order valence-corrected chi connectivity index (χ2v) is 11.1. The van der Waals surface area contributed by atoms with Gasteiger partial charge < -0.3 is 15.5 Å². The first-order valence-electron chi connectivity index (χ1n) is 10.0. The van der Waals surface area contributed by atoms with Gasteiger partial charge in [0.15, 0.2) is 5.11 Å². The number of alkyl halides is 3. The Morgan fingerprint density at radius 3 is 2.42 bits per heavy atom. The molecule has 1 aromatic carbocycles. The van der Waals surface area contributed by atoms with Gasteiger partial charge in [0, 0.05) is 22.0 Å². The van der Waals surface area contributed by atoms with Crippen molar-refractivity contribution in [1.29, 1.82) is 0 Å². The third kappa shape index (κ3) is 6.34. The molecule has 31 heavy (non-hydrogen) atoms. The van der Waals surface area contributed by atoms with Crippen LogP contribution in [0, 0.1) is 0 Å². The molecule has 2 heterocycles. The van der Waals surface area contributed by atoms with E-state index in [1.807, 2.05) is 17.5 Å². The summed E-state index contributed by atoms with van der Waals surface area (Å²) in [5, 5.41) is 9.23. The molecule has 0 atom stereocenters. The molecule has 3 nitrogen and oxygen atoms in total. The minimum atomic E-state index is -4.46. The topological polar surface area (TPSA) is 27.3 Å². The van der Waals surface area contributed by atoms with Crippen LogP contribution in [0.25, 0.3) is 0 Å². The number of hydrogen-bond donors (Lipinski definition) is 2. The summed E-state index contributed by atoms with van der Waals surface area (Å²) in [5.74, 6) is 0. The van der Waals surface area contributed by atoms with E-state index in [2.05, 4.69) is 43.2 Å². The molecular formula is C22H27ClF3N3S2. The average molecular weight is 490 g/mol. The fourth-order valence-electron chi connectivity index (χ4n) is 4.41. The summed E-state index contributed by atoms with van der Waals surface area (Å²) in [6, 6.07) is 7.35. The first-order valence-corrected chi connectivity index (χ1v) is 11.7. The Labute approximate surface area is 196 Å². The highest BCUT2D eigenvalue weighted by molar-refractivity contribution is 7.80. The number of nitrogens with zero attached hydrogens (tertiary/aromatic N) is 1. The minimum absolute atomic E-state index is 0.108. The molecule has 1 saturated heterocycles. The first-order chi connectivity index (χ1) is 14.3. The van der Waals surface area contributed by atoms with E-state index >= 15 is 0 Å². The molecule has 2 N–H and O–H groups in total. The van der Waals surface area contributed by atoms with E-state index in [9.17, 15) is 13.2 Å². The predicted octanol–water partition coefficient (Wildman–Crippen LogP) is 6.93. The normalized spacial score (nSPS) is 18.6. The third-order valence-corrected chi connectivity index (χ3v) is 6.84. The van der Waals surface area contributed by atoms with Crippen molar-refractivity contribution in [3.05, 3.63) is 51.2 Å². The molecule has 0 bridgehead atoms. The summed E-state index contributed by atoms with van der Waals surface area (Å²) in [6.07, 6.45) is -2.76. The van der Waals surface area contributed by atoms with Crippen LogP contribution in [-0.4, -0.2) is 27.1 Å². The first kappa shape index (κ1) is 24.3. The van der Waals surface area contributed by atoms with E-state index in [1.165, 1.54) is 6.07 Å². The lowest BCUT2D eigenvalue weighted by molar-refractivity contribution is -0.137. The molecule has 2 aromatic rings. The number of benzene rings is 1. The van der Waals surface area contributed by atoms with E-state index in [0.29, 0.717) is 11.7 Å². The Kier molecular flexibility index (Phi) is 6.96. The molecule has 170 valence electrons. The van der Waals surface area contributed by atoms with Crippen LogP contribution in [0.15, 0.2) is 35.7 Å². The molecule has 3 rings (SSSR count). The zero-order valence-corrected chi connectivity index (χ0v) is 20.3. The molecular weight excluding hydrogens is 463 g/mol. The van der Waals surface area contributed by atoms with E-state index < -0.39 is 11.7 Å². The largest absolute Gasteiger partial charge is 0.416 e. The SMILES string of the molecule is CC1(C)CC(N(Cc2cccs2)C(=S)Nc2cc(C(F)(F)F)ccc2Cl)CC(C)(C)N1. The van der Waals surface area contributed by atoms with Gasteiger partial charge in [-0.05, 0) is 82.4 Å². The lowest BCUT2D eigenvalue weighted by Gasteiger charge is -2.50. The summed E-state index contributed by atoms with van der Waals surface area (Å²) in [5.41, 5.74) is -0.825. The maximum absolute atomic E-state index is 13.2. The third-order valence-electron chi connectivity index (χ3n) is 5.31. The Morgan fingerprint density at radius 1 is 1.23 bits per heavy atom. The van der Waals surface area contributed by atoms with Crippen molar-refractivity contribution in [2.24, 2.45) is 0 Å². The smallest absolute Gasteiger partial charge is 0.341 e. The molecule has 1 aliphatic rings. The van der Waals surface area contributed by atoms with Gasteiger partial charge in [0.05, 0.1) is 22.8 Å². The van der Waals surface area contributed by atoms with Crippen molar-refractivity contribution in [1.82, 2.24) is 10.2 Å². The maximum atomic E-state index is 13.2. The fourth-order valence-corrected chi connectivity index (χ4v) is 5.60. The summed E-state index contributed by atoms with van der Waals surface area (Å²) in [7, 11) is 0. The summed E-state index contributed by atoms with van der Waals surface area (Å²) in [4.78, 5) is 3.22. The lowest BCUT2D eigenvalue weighted by atomic mass is 9.79. The highest BCUT2D eigenvalue weighted by atomic mass is 35.5. The number of piperidine rings is 1. The van der Waals surface area contributed by atoms with Gasteiger partial charge in [-0.3, -0.25) is 0 Å². The highest BCUT2D eigenvalue weighted by Gasteiger charge is 2.41. The van der Waals surface area contributed by atoms with Crippen LogP contribution < -0.4 is 10.6 Å². The molecule has 1 fully saturated rings. The number of thiophene rings is 1. The van der Waals surface area contributed by atoms with Gasteiger partial charge in [-0.25, -0.2) is 0 Å². The van der Waals surface area contributed by atoms with Crippen LogP contribution in [-0.2, 0) is 12.7 Å². The summed E-state index contributed by atoms with van der Waals surface area (Å²) >= 11 is 13.5. The van der Waals surface area contributed by atoms with Gasteiger partial charge in [0.1, 0.15) is 0 Å². The number of nitrogens with one attached hydrogen (secondary N) is 2. The minimum Gasteiger partial charge on any atom is -0.341 e. The number of anilines is 1. The zero-order chi connectivity index (χ0) is 23.0. The van der Waals surface area contributed by atoms with Crippen LogP contribution in [0.1, 0.15) is 51.0 Å². The summed E-state index contributed by atoms with van der Waals surface area (Å²) in [6.45, 7) is 9.21. The van der Waals surface area contributed by atoms with Gasteiger partial charge in [-0.2, -0.15) is 13.2 Å². The average Bonchev–Trinajstić information content (AvgIpc) is 3.11. The molecule has 0 radical (unpaired) electrons. The molecule has 0 unspecified atom stereocenters. The molecule has 9 heteroatoms. The van der Waals surface area contributed by atoms with Crippen molar-refractivity contribution in [3.63, 3.8) is 0 Å². The van der Waals surface area contributed by atoms with Gasteiger partial charge in [0.2, 0.25) is 0 Å². The van der Waals surface area contributed by atoms with Crippen LogP contribution >= 0.6 is 35.2 Å². The van der Waals surface area contributed by atoms with Crippen molar-refractivity contribution < 1.29 is 13.2 Å². The number of thiocarbonyl (C=S) groups is 1. The van der Waals surface area contributed by atoms with E-state index in [-0.39, 0.29) is 27.8 Å². The summed E-state index contributed by atoms with van der Waals surface area (Å²) < 4.78 is 39.6. The van der Waals surface area contributed by atoms with Crippen molar-refractivity contribution in [2.45, 2.75) is 70.4 Å². The quantitative estimate of drug-likeness (QED) is 0.455. The Morgan fingerprint density at radius 2 is 1.87 bits per heavy atom. The van der Waals surface area contributed by atoms with Crippen LogP contribution in [0.3, 0.4) is 0 Å². The second kappa shape index (κ2) is 8.89. The Hall–Kier alpha value is -1.35. The van der Waals surface area contributed by atoms with Crippen LogP contribution in [0.4, 0.5) is 18.9 Å². The van der Waals surface area contributed by atoms with Gasteiger partial charge in [-0.15, -0.1) is 11.3 Å². The lowest BCUT2D eigenvalue weighted by Crippen LogP contribution is -2.63. The van der Waals surface area contributed by atoms with E-state index in [1.54, 1.807) is 11.3 Å². The van der Waals surface area contributed by atoms with E-state index in [0.717, 1.165) is 29.9 Å². The van der Waals surface area contributed by atoms with Gasteiger partial charge in [-0.1, -0.05) is 17.7 Å². The molecule has 1 aromatic heterocycles. The molecule has 0 aliphatic carbocycles. The monoisotopic (exact) mass is 489 g/mol. The number of rotatable bonds is 4. The molecule has 0 amide bonds. The molecule has 1 aliphatic heterocycles. The zero-order valence-electron chi connectivity index (χ0n) is 17.9. The Balaban J connectivity index is 1.90. The predicted molar refractivity (Wildman–Crippen MR) is 127 cm³/mol. The van der Waals surface area contributed by atoms with Crippen molar-refractivity contribution in [2.75, 3.05) is 5.32 Å². The van der Waals surface area contributed by atoms with Gasteiger partial charge >= 0.3 is 6.18 Å². The van der Waals surface area contributed by atoms with Crippen molar-refractivity contribution in [3.8, 4) is 0 Å². The van der Waals surface area contributed by atoms with Crippen molar-refractivity contribution >= 4 is 46.0 Å². The number of hydrogen-bond acceptors (Lipinski definition) is 3. The maximum Gasteiger partial charge on any atom is 0.416 e. The molecule has 0 spiro atoms. The Bertz CT molecular complexity index is 911. The van der Waals surface area contributed by atoms with Crippen LogP contribution in [0.5, 0.6) is 0 Å². The highest BCUT2D eigenvalue weighted by Crippen LogP contribution is 2.36. The van der Waals surface area contributed by atoms with E-state index in [4.69, 9.17) is 23.8 Å². The molecule has 0 saturated carbocycles. The second-order valence-electron chi connectivity index (χ2n) is 9.28. The standard InChI is InChI=1S/C22H27ClF3N3S2/c1-20(2)11-15(12-21(3,4)28-20)29(13-16-6-5-9-31-16)19(30)27-18-10-14(22(24,25)26)7-8-17(18)23/h5-10,15,28H,11-13H2,1-4H3,(H,27,30). The number of halogens is 4. The van der Waals surface area contributed by atoms with Gasteiger partial charge in [0.25, 0.3) is 0 Å².